The summed E-state index contributed by atoms with van der Waals surface area (Å²) in [5.74, 6) is 0.602. The van der Waals surface area contributed by atoms with E-state index >= 15 is 0 Å². The summed E-state index contributed by atoms with van der Waals surface area (Å²) in [7, 11) is 1.55. The minimum Gasteiger partial charge on any atom is -0.495 e. The van der Waals surface area contributed by atoms with Crippen LogP contribution in [-0.2, 0) is 4.79 Å². The van der Waals surface area contributed by atoms with E-state index in [0.717, 1.165) is 18.4 Å². The van der Waals surface area contributed by atoms with E-state index in [1.165, 1.54) is 11.1 Å². The zero-order chi connectivity index (χ0) is 14.5. The van der Waals surface area contributed by atoms with E-state index in [1.54, 1.807) is 30.1 Å². The Kier molecular flexibility index (Phi) is 4.14. The van der Waals surface area contributed by atoms with Crippen molar-refractivity contribution in [3.8, 4) is 11.4 Å². The van der Waals surface area contributed by atoms with Crippen LogP contribution in [0.1, 0.15) is 17.3 Å². The van der Waals surface area contributed by atoms with Gasteiger partial charge in [0.15, 0.2) is 6.29 Å². The third-order valence-electron chi connectivity index (χ3n) is 2.94. The van der Waals surface area contributed by atoms with Crippen LogP contribution >= 0.6 is 0 Å². The van der Waals surface area contributed by atoms with Gasteiger partial charge in [-0.05, 0) is 25.1 Å². The van der Waals surface area contributed by atoms with Crippen LogP contribution in [0.2, 0.25) is 0 Å². The molecule has 0 aliphatic heterocycles. The summed E-state index contributed by atoms with van der Waals surface area (Å²) in [5.41, 5.74) is 1.89. The summed E-state index contributed by atoms with van der Waals surface area (Å²) >= 11 is 0. The Morgan fingerprint density at radius 2 is 2.20 bits per heavy atom. The minimum atomic E-state index is 0.491. The molecule has 0 fully saturated rings. The maximum absolute atomic E-state index is 11.1. The van der Waals surface area contributed by atoms with E-state index in [2.05, 4.69) is 5.10 Å². The lowest BCUT2D eigenvalue weighted by Crippen LogP contribution is -2.21. The molecule has 0 N–H and O–H groups in total. The van der Waals surface area contributed by atoms with Gasteiger partial charge in [-0.25, -0.2) is 4.68 Å². The molecule has 6 nitrogen and oxygen atoms in total. The van der Waals surface area contributed by atoms with Crippen LogP contribution in [0.5, 0.6) is 5.75 Å². The highest BCUT2D eigenvalue weighted by Gasteiger charge is 2.12. The number of methoxy groups -OCH3 is 1. The number of aromatic nitrogens is 2. The Balaban J connectivity index is 2.48. The SMILES string of the molecule is CCN(C=O)c1cc(-n2cc(C=O)cn2)ccc1OC. The fourth-order valence-corrected chi connectivity index (χ4v) is 1.89. The molecular formula is C14H15N3O3. The van der Waals surface area contributed by atoms with Crippen molar-refractivity contribution in [1.82, 2.24) is 9.78 Å². The van der Waals surface area contributed by atoms with Crippen LogP contribution in [0.25, 0.3) is 5.69 Å². The van der Waals surface area contributed by atoms with Crippen molar-refractivity contribution in [2.24, 2.45) is 0 Å². The first-order valence-electron chi connectivity index (χ1n) is 6.13. The third kappa shape index (κ3) is 2.54. The topological polar surface area (TPSA) is 64.4 Å². The summed E-state index contributed by atoms with van der Waals surface area (Å²) in [6, 6.07) is 5.36. The number of carbonyl (C=O) groups is 2. The van der Waals surface area contributed by atoms with Gasteiger partial charge in [0.1, 0.15) is 5.75 Å². The predicted octanol–water partition coefficient (Wildman–Crippen LogP) is 1.68. The van der Waals surface area contributed by atoms with Gasteiger partial charge >= 0.3 is 0 Å². The molecule has 2 rings (SSSR count). The molecule has 0 aliphatic carbocycles. The Hall–Kier alpha value is -2.63. The molecular weight excluding hydrogens is 258 g/mol. The lowest BCUT2D eigenvalue weighted by molar-refractivity contribution is -0.107. The molecule has 0 atom stereocenters. The number of benzene rings is 1. The van der Waals surface area contributed by atoms with Gasteiger partial charge in [0.25, 0.3) is 0 Å². The summed E-state index contributed by atoms with van der Waals surface area (Å²) < 4.78 is 6.84. The van der Waals surface area contributed by atoms with E-state index in [1.807, 2.05) is 13.0 Å². The molecule has 6 heteroatoms. The summed E-state index contributed by atoms with van der Waals surface area (Å²) in [6.45, 7) is 2.40. The molecule has 0 radical (unpaired) electrons. The van der Waals surface area contributed by atoms with Crippen LogP contribution in [0.15, 0.2) is 30.6 Å². The molecule has 0 spiro atoms. The van der Waals surface area contributed by atoms with Crippen molar-refractivity contribution in [1.29, 1.82) is 0 Å². The molecule has 104 valence electrons. The molecule has 20 heavy (non-hydrogen) atoms. The molecule has 0 bridgehead atoms. The van der Waals surface area contributed by atoms with Gasteiger partial charge in [-0.2, -0.15) is 5.10 Å². The van der Waals surface area contributed by atoms with Gasteiger partial charge in [0, 0.05) is 12.7 Å². The first-order valence-corrected chi connectivity index (χ1v) is 6.13. The number of hydrogen-bond acceptors (Lipinski definition) is 4. The Bertz CT molecular complexity index is 622. The van der Waals surface area contributed by atoms with Gasteiger partial charge < -0.3 is 9.64 Å². The summed E-state index contributed by atoms with van der Waals surface area (Å²) in [5, 5.41) is 4.10. The van der Waals surface area contributed by atoms with E-state index < -0.39 is 0 Å². The van der Waals surface area contributed by atoms with Gasteiger partial charge in [-0.3, -0.25) is 9.59 Å². The van der Waals surface area contributed by atoms with Gasteiger partial charge in [-0.15, -0.1) is 0 Å². The number of nitrogens with zero attached hydrogens (tertiary/aromatic N) is 3. The van der Waals surface area contributed by atoms with Crippen molar-refractivity contribution in [2.75, 3.05) is 18.6 Å². The molecule has 1 aromatic carbocycles. The van der Waals surface area contributed by atoms with E-state index in [0.29, 0.717) is 23.5 Å². The van der Waals surface area contributed by atoms with Crippen LogP contribution in [0, 0.1) is 0 Å². The number of ether oxygens (including phenoxy) is 1. The van der Waals surface area contributed by atoms with Crippen LogP contribution in [0.3, 0.4) is 0 Å². The molecule has 0 aliphatic rings. The predicted molar refractivity (Wildman–Crippen MR) is 74.6 cm³/mol. The van der Waals surface area contributed by atoms with Crippen LogP contribution in [-0.4, -0.2) is 36.1 Å². The highest BCUT2D eigenvalue weighted by atomic mass is 16.5. The lowest BCUT2D eigenvalue weighted by Gasteiger charge is -2.19. The standard InChI is InChI=1S/C14H15N3O3/c1-3-16(10-19)13-6-12(4-5-14(13)20-2)17-8-11(9-18)7-15-17/h4-10H,3H2,1-2H3. The molecule has 0 unspecified atom stereocenters. The van der Waals surface area contributed by atoms with Crippen molar-refractivity contribution >= 4 is 18.4 Å². The molecule has 0 saturated carbocycles. The number of carbonyl (C=O) groups excluding carboxylic acids is 2. The lowest BCUT2D eigenvalue weighted by atomic mass is 10.2. The quantitative estimate of drug-likeness (QED) is 0.751. The number of amides is 1. The molecule has 1 aromatic heterocycles. The molecule has 1 amide bonds. The first-order chi connectivity index (χ1) is 9.73. The number of anilines is 1. The van der Waals surface area contributed by atoms with Crippen LogP contribution in [0.4, 0.5) is 5.69 Å². The molecule has 2 aromatic rings. The molecule has 1 heterocycles. The number of hydrogen-bond donors (Lipinski definition) is 0. The van der Waals surface area contributed by atoms with Crippen molar-refractivity contribution < 1.29 is 14.3 Å². The fraction of sp³-hybridized carbons (Fsp3) is 0.214. The smallest absolute Gasteiger partial charge is 0.214 e. The highest BCUT2D eigenvalue weighted by molar-refractivity contribution is 5.80. The van der Waals surface area contributed by atoms with Crippen molar-refractivity contribution in [3.63, 3.8) is 0 Å². The summed E-state index contributed by atoms with van der Waals surface area (Å²) in [4.78, 5) is 23.3. The van der Waals surface area contributed by atoms with Gasteiger partial charge in [0.05, 0.1) is 30.2 Å². The Labute approximate surface area is 116 Å². The van der Waals surface area contributed by atoms with Gasteiger partial charge in [-0.1, -0.05) is 0 Å². The maximum atomic E-state index is 11.1. The molecule has 0 saturated heterocycles. The van der Waals surface area contributed by atoms with Gasteiger partial charge in [0.2, 0.25) is 6.41 Å². The second kappa shape index (κ2) is 6.01. The average Bonchev–Trinajstić information content (AvgIpc) is 2.97. The largest absolute Gasteiger partial charge is 0.495 e. The Morgan fingerprint density at radius 1 is 1.40 bits per heavy atom. The van der Waals surface area contributed by atoms with E-state index in [-0.39, 0.29) is 0 Å². The Morgan fingerprint density at radius 3 is 2.75 bits per heavy atom. The summed E-state index contributed by atoms with van der Waals surface area (Å²) in [6.07, 6.45) is 4.59. The normalized spacial score (nSPS) is 10.1. The van der Waals surface area contributed by atoms with Crippen molar-refractivity contribution in [2.45, 2.75) is 6.92 Å². The second-order valence-electron chi connectivity index (χ2n) is 4.08. The monoisotopic (exact) mass is 273 g/mol. The van der Waals surface area contributed by atoms with E-state index in [9.17, 15) is 9.59 Å². The highest BCUT2D eigenvalue weighted by Crippen LogP contribution is 2.29. The maximum Gasteiger partial charge on any atom is 0.214 e. The minimum absolute atomic E-state index is 0.491. The third-order valence-corrected chi connectivity index (χ3v) is 2.94. The average molecular weight is 273 g/mol. The van der Waals surface area contributed by atoms with Crippen LogP contribution < -0.4 is 9.64 Å². The fourth-order valence-electron chi connectivity index (χ4n) is 1.89. The zero-order valence-electron chi connectivity index (χ0n) is 11.3. The number of aldehydes is 1. The second-order valence-corrected chi connectivity index (χ2v) is 4.08. The first kappa shape index (κ1) is 13.8. The zero-order valence-corrected chi connectivity index (χ0v) is 11.3. The van der Waals surface area contributed by atoms with Crippen molar-refractivity contribution in [3.05, 3.63) is 36.2 Å². The van der Waals surface area contributed by atoms with E-state index in [4.69, 9.17) is 4.74 Å². The number of rotatable bonds is 6.